The van der Waals surface area contributed by atoms with Gasteiger partial charge >= 0.3 is 5.97 Å². The maximum atomic E-state index is 15.5. The highest BCUT2D eigenvalue weighted by atomic mass is 16.8. The molecule has 0 amide bonds. The lowest BCUT2D eigenvalue weighted by molar-refractivity contribution is -0.365. The van der Waals surface area contributed by atoms with Gasteiger partial charge in [0.05, 0.1) is 37.4 Å². The van der Waals surface area contributed by atoms with Gasteiger partial charge in [-0.25, -0.2) is 0 Å². The van der Waals surface area contributed by atoms with Gasteiger partial charge in [-0.1, -0.05) is 60.1 Å². The van der Waals surface area contributed by atoms with Crippen LogP contribution in [0, 0.1) is 50.2 Å². The fraction of sp³-hybridized carbons (Fsp3) is 0.943. The monoisotopic (exact) mass is 1060 g/mol. The predicted molar refractivity (Wildman–Crippen MR) is 255 cm³/mol. The number of ether oxygens (including phenoxy) is 8. The summed E-state index contributed by atoms with van der Waals surface area (Å²) in [4.78, 5) is 15.5. The molecule has 424 valence electrons. The third kappa shape index (κ3) is 9.27. The average molecular weight is 1060 g/mol. The Balaban J connectivity index is 0.983. The van der Waals surface area contributed by atoms with E-state index in [1.54, 1.807) is 0 Å². The molecule has 4 saturated carbocycles. The lowest BCUT2D eigenvalue weighted by Gasteiger charge is -2.71. The zero-order valence-corrected chi connectivity index (χ0v) is 44.1. The van der Waals surface area contributed by atoms with Crippen LogP contribution in [0.25, 0.3) is 0 Å². The Labute approximate surface area is 433 Å². The number of rotatable bonds is 10. The van der Waals surface area contributed by atoms with E-state index in [9.17, 15) is 61.3 Å². The van der Waals surface area contributed by atoms with Crippen LogP contribution < -0.4 is 0 Å². The maximum absolute atomic E-state index is 15.5. The van der Waals surface area contributed by atoms with Gasteiger partial charge in [-0.05, 0) is 116 Å². The van der Waals surface area contributed by atoms with E-state index in [4.69, 9.17) is 37.9 Å². The first-order valence-corrected chi connectivity index (χ1v) is 27.1. The molecule has 0 bridgehead atoms. The molecule has 0 spiro atoms. The lowest BCUT2D eigenvalue weighted by Crippen LogP contribution is -2.66. The number of hydrogen-bond acceptors (Lipinski definition) is 21. The molecule has 0 radical (unpaired) electrons. The number of hydrogen-bond donors (Lipinski definition) is 12. The molecule has 5 aliphatic carbocycles. The summed E-state index contributed by atoms with van der Waals surface area (Å²) in [6, 6.07) is 0. The number of aliphatic hydroxyl groups excluding tert-OH is 12. The quantitative estimate of drug-likeness (QED) is 0.0755. The van der Waals surface area contributed by atoms with Gasteiger partial charge in [0.2, 0.25) is 6.29 Å². The Hall–Kier alpha value is -1.55. The van der Waals surface area contributed by atoms with Crippen LogP contribution in [0.15, 0.2) is 11.6 Å². The predicted octanol–water partition coefficient (Wildman–Crippen LogP) is -0.369. The summed E-state index contributed by atoms with van der Waals surface area (Å²) in [6.45, 7) is 16.0. The SMILES string of the molecule is CC1OC(OC2C(OC(=O)C34CCC(C)(C)CC3C3=CCC5C6(C)CCC(OC7OC(CO)C(O)C(O)C7O)C(C)(C)C6CCC5(C)C3(C)CC4)OC(COC3OCC(O)C(O)C3O)C(O)C2O)C(O)C(O)C1O. The van der Waals surface area contributed by atoms with Crippen LogP contribution in [0.2, 0.25) is 0 Å². The maximum Gasteiger partial charge on any atom is 0.315 e. The Morgan fingerprint density at radius 1 is 0.635 bits per heavy atom. The molecule has 74 heavy (non-hydrogen) atoms. The molecule has 0 aromatic carbocycles. The summed E-state index contributed by atoms with van der Waals surface area (Å²) in [5, 5.41) is 128. The third-order valence-electron chi connectivity index (χ3n) is 21.0. The van der Waals surface area contributed by atoms with E-state index in [0.29, 0.717) is 38.5 Å². The standard InChI is InChI=1S/C53H86O21/c1-23-32(56)36(60)40(64)44(69-23)73-42-38(62)35(59)28(22-68-43-39(63)33(57)26(55)21-67-43)71-46(42)74-47(66)53-17-15-48(2,3)19-25(53)24-9-10-30-50(6)13-12-31(72-45-41(65)37(61)34(58)27(20-54)70-45)49(4,5)29(50)11-14-52(30,8)51(24,7)16-18-53/h9,23,25-46,54-65H,10-22H2,1-8H3. The second-order valence-electron chi connectivity index (χ2n) is 25.8. The Bertz CT molecular complexity index is 2040. The lowest BCUT2D eigenvalue weighted by atomic mass is 9.33. The van der Waals surface area contributed by atoms with E-state index in [2.05, 4.69) is 54.5 Å². The van der Waals surface area contributed by atoms with Crippen molar-refractivity contribution in [2.24, 2.45) is 50.2 Å². The van der Waals surface area contributed by atoms with Crippen molar-refractivity contribution in [3.63, 3.8) is 0 Å². The van der Waals surface area contributed by atoms with Gasteiger partial charge in [-0.15, -0.1) is 0 Å². The number of carbonyl (C=O) groups excluding carboxylic acids is 1. The summed E-state index contributed by atoms with van der Waals surface area (Å²) in [6.07, 6.45) is -20.1. The highest BCUT2D eigenvalue weighted by Gasteiger charge is 2.70. The molecule has 27 atom stereocenters. The fourth-order valence-electron chi connectivity index (χ4n) is 16.1. The van der Waals surface area contributed by atoms with Gasteiger partial charge in [-0.2, -0.15) is 0 Å². The number of fused-ring (bicyclic) bond motifs is 7. The Morgan fingerprint density at radius 2 is 1.26 bits per heavy atom. The smallest absolute Gasteiger partial charge is 0.315 e. The van der Waals surface area contributed by atoms with E-state index in [-0.39, 0.29) is 52.1 Å². The van der Waals surface area contributed by atoms with Gasteiger partial charge in [0.25, 0.3) is 0 Å². The zero-order valence-electron chi connectivity index (χ0n) is 44.1. The molecule has 9 aliphatic rings. The van der Waals surface area contributed by atoms with Crippen molar-refractivity contribution in [1.29, 1.82) is 0 Å². The van der Waals surface area contributed by atoms with E-state index < -0.39 is 147 Å². The van der Waals surface area contributed by atoms with Crippen molar-refractivity contribution >= 4 is 5.97 Å². The van der Waals surface area contributed by atoms with E-state index in [1.165, 1.54) is 12.5 Å². The van der Waals surface area contributed by atoms with Crippen molar-refractivity contribution in [2.75, 3.05) is 19.8 Å². The highest BCUT2D eigenvalue weighted by molar-refractivity contribution is 5.79. The van der Waals surface area contributed by atoms with Gasteiger partial charge < -0.3 is 99.2 Å². The minimum atomic E-state index is -1.88. The Morgan fingerprint density at radius 3 is 1.95 bits per heavy atom. The van der Waals surface area contributed by atoms with Crippen molar-refractivity contribution in [2.45, 2.75) is 242 Å². The molecule has 9 rings (SSSR count). The molecule has 27 unspecified atom stereocenters. The summed E-state index contributed by atoms with van der Waals surface area (Å²) in [5.41, 5.74) is -1.04. The van der Waals surface area contributed by atoms with E-state index in [1.807, 2.05) is 0 Å². The largest absolute Gasteiger partial charge is 0.432 e. The molecule has 4 saturated heterocycles. The summed E-state index contributed by atoms with van der Waals surface area (Å²) in [5.74, 6) is -0.404. The van der Waals surface area contributed by atoms with Crippen LogP contribution in [0.3, 0.4) is 0 Å². The minimum absolute atomic E-state index is 0.140. The average Bonchev–Trinajstić information content (AvgIpc) is 3.34. The zero-order chi connectivity index (χ0) is 54.0. The molecule has 0 aromatic rings. The van der Waals surface area contributed by atoms with E-state index >= 15 is 4.79 Å². The summed E-state index contributed by atoms with van der Waals surface area (Å²) >= 11 is 0. The third-order valence-corrected chi connectivity index (χ3v) is 21.0. The van der Waals surface area contributed by atoms with Crippen LogP contribution in [0.4, 0.5) is 0 Å². The number of esters is 1. The van der Waals surface area contributed by atoms with Crippen LogP contribution >= 0.6 is 0 Å². The van der Waals surface area contributed by atoms with Crippen LogP contribution in [-0.4, -0.2) is 210 Å². The first kappa shape index (κ1) is 57.1. The number of aliphatic hydroxyl groups is 12. The van der Waals surface area contributed by atoms with Crippen molar-refractivity contribution in [3.05, 3.63) is 11.6 Å². The first-order valence-electron chi connectivity index (χ1n) is 27.1. The molecule has 12 N–H and O–H groups in total. The van der Waals surface area contributed by atoms with Crippen LogP contribution in [-0.2, 0) is 42.7 Å². The normalized spacial score (nSPS) is 54.1. The summed E-state index contributed by atoms with van der Waals surface area (Å²) < 4.78 is 48.0. The van der Waals surface area contributed by atoms with Crippen LogP contribution in [0.5, 0.6) is 0 Å². The summed E-state index contributed by atoms with van der Waals surface area (Å²) in [7, 11) is 0. The number of carbonyl (C=O) groups is 1. The molecule has 4 aliphatic heterocycles. The molecule has 0 aromatic heterocycles. The van der Waals surface area contributed by atoms with Gasteiger partial charge in [0.1, 0.15) is 79.4 Å². The minimum Gasteiger partial charge on any atom is -0.432 e. The molecule has 4 heterocycles. The topological polar surface area (TPSA) is 334 Å². The molecule has 8 fully saturated rings. The van der Waals surface area contributed by atoms with Crippen molar-refractivity contribution < 1.29 is 104 Å². The molecule has 21 nitrogen and oxygen atoms in total. The molecule has 21 heteroatoms. The van der Waals surface area contributed by atoms with Gasteiger partial charge in [-0.3, -0.25) is 4.79 Å². The molecular weight excluding hydrogens is 973 g/mol. The van der Waals surface area contributed by atoms with Gasteiger partial charge in [0.15, 0.2) is 25.0 Å². The first-order chi connectivity index (χ1) is 34.6. The van der Waals surface area contributed by atoms with Crippen LogP contribution in [0.1, 0.15) is 120 Å². The molecular formula is C53H86O21. The van der Waals surface area contributed by atoms with E-state index in [0.717, 1.165) is 25.7 Å². The second kappa shape index (κ2) is 20.5. The Kier molecular flexibility index (Phi) is 15.8. The van der Waals surface area contributed by atoms with Crippen molar-refractivity contribution in [3.8, 4) is 0 Å². The number of allylic oxidation sites excluding steroid dienone is 2. The fourth-order valence-corrected chi connectivity index (χ4v) is 16.1. The van der Waals surface area contributed by atoms with Crippen molar-refractivity contribution in [1.82, 2.24) is 0 Å². The van der Waals surface area contributed by atoms with Gasteiger partial charge in [0, 0.05) is 0 Å². The second-order valence-corrected chi connectivity index (χ2v) is 25.8. The highest BCUT2D eigenvalue weighted by Crippen LogP contribution is 2.76.